The summed E-state index contributed by atoms with van der Waals surface area (Å²) in [6.45, 7) is 12.7. The highest BCUT2D eigenvalue weighted by Crippen LogP contribution is 2.34. The fourth-order valence-corrected chi connectivity index (χ4v) is 2.09. The van der Waals surface area contributed by atoms with E-state index in [-0.39, 0.29) is 10.8 Å². The Hall–Kier alpha value is -1.18. The van der Waals surface area contributed by atoms with Crippen LogP contribution < -0.4 is 0 Å². The molecule has 0 radical (unpaired) electrons. The van der Waals surface area contributed by atoms with E-state index in [4.69, 9.17) is 0 Å². The molecule has 0 spiro atoms. The second kappa shape index (κ2) is 4.83. The number of hydrogen-bond donors (Lipinski definition) is 2. The van der Waals surface area contributed by atoms with Gasteiger partial charge in [-0.05, 0) is 46.9 Å². The summed E-state index contributed by atoms with van der Waals surface area (Å²) in [5.41, 5.74) is 1.82. The Labute approximate surface area is 111 Å². The molecule has 2 nitrogen and oxygen atoms in total. The van der Waals surface area contributed by atoms with Gasteiger partial charge in [0, 0.05) is 0 Å². The second-order valence-corrected chi connectivity index (χ2v) is 7.58. The van der Waals surface area contributed by atoms with Crippen LogP contribution in [0.4, 0.5) is 0 Å². The van der Waals surface area contributed by atoms with Crippen molar-refractivity contribution < 1.29 is 10.2 Å². The molecule has 2 N–H and O–H groups in total. The van der Waals surface area contributed by atoms with Crippen molar-refractivity contribution in [3.8, 4) is 11.5 Å². The lowest BCUT2D eigenvalue weighted by Gasteiger charge is -2.22. The number of rotatable bonds is 2. The minimum atomic E-state index is 0.0927. The summed E-state index contributed by atoms with van der Waals surface area (Å²) < 4.78 is 0. The molecule has 0 aliphatic heterocycles. The quantitative estimate of drug-likeness (QED) is 0.769. The van der Waals surface area contributed by atoms with Crippen LogP contribution in [0.25, 0.3) is 0 Å². The minimum absolute atomic E-state index is 0.0927. The molecule has 0 bridgehead atoms. The molecule has 1 aromatic carbocycles. The third-order valence-electron chi connectivity index (χ3n) is 2.72. The molecule has 0 amide bonds. The molecule has 0 aliphatic rings. The minimum Gasteiger partial charge on any atom is -0.508 e. The summed E-state index contributed by atoms with van der Waals surface area (Å²) in [4.78, 5) is 0. The Morgan fingerprint density at radius 1 is 0.722 bits per heavy atom. The average Bonchev–Trinajstić information content (AvgIpc) is 2.08. The lowest BCUT2D eigenvalue weighted by atomic mass is 9.84. The van der Waals surface area contributed by atoms with E-state index in [9.17, 15) is 10.2 Å². The standard InChI is InChI=1S/C16H26O2/c1-15(2,3)9-11-7-14(18)12(8-13(11)17)10-16(4,5)6/h7-8,17-18H,9-10H2,1-6H3. The first-order valence-corrected chi connectivity index (χ1v) is 6.52. The topological polar surface area (TPSA) is 40.5 Å². The molecule has 0 fully saturated rings. The van der Waals surface area contributed by atoms with E-state index in [0.717, 1.165) is 24.0 Å². The van der Waals surface area contributed by atoms with Crippen LogP contribution in [-0.4, -0.2) is 10.2 Å². The van der Waals surface area contributed by atoms with E-state index in [1.807, 2.05) is 0 Å². The number of phenols is 2. The van der Waals surface area contributed by atoms with Gasteiger partial charge in [-0.15, -0.1) is 0 Å². The molecule has 18 heavy (non-hydrogen) atoms. The Morgan fingerprint density at radius 3 is 1.22 bits per heavy atom. The van der Waals surface area contributed by atoms with Gasteiger partial charge in [-0.25, -0.2) is 0 Å². The van der Waals surface area contributed by atoms with E-state index >= 15 is 0 Å². The van der Waals surface area contributed by atoms with Gasteiger partial charge in [-0.1, -0.05) is 41.5 Å². The normalized spacial score (nSPS) is 12.8. The van der Waals surface area contributed by atoms with E-state index in [2.05, 4.69) is 41.5 Å². The second-order valence-electron chi connectivity index (χ2n) is 7.58. The number of aromatic hydroxyl groups is 2. The third kappa shape index (κ3) is 4.59. The number of phenolic OH excluding ortho intramolecular Hbond substituents is 2. The van der Waals surface area contributed by atoms with Crippen LogP contribution in [-0.2, 0) is 12.8 Å². The van der Waals surface area contributed by atoms with Gasteiger partial charge in [0.15, 0.2) is 0 Å². The molecule has 0 unspecified atom stereocenters. The molecule has 0 aromatic heterocycles. The lowest BCUT2D eigenvalue weighted by molar-refractivity contribution is 0.380. The van der Waals surface area contributed by atoms with Crippen LogP contribution in [0.15, 0.2) is 12.1 Å². The number of hydrogen-bond acceptors (Lipinski definition) is 2. The Kier molecular flexibility index (Phi) is 3.99. The predicted octanol–water partition coefficient (Wildman–Crippen LogP) is 4.28. The van der Waals surface area contributed by atoms with Crippen molar-refractivity contribution in [3.05, 3.63) is 23.3 Å². The van der Waals surface area contributed by atoms with Gasteiger partial charge in [0.25, 0.3) is 0 Å². The fraction of sp³-hybridized carbons (Fsp3) is 0.625. The molecule has 0 aliphatic carbocycles. The molecule has 0 atom stereocenters. The molecule has 1 aromatic rings. The van der Waals surface area contributed by atoms with Crippen molar-refractivity contribution in [2.45, 2.75) is 54.4 Å². The average molecular weight is 250 g/mol. The van der Waals surface area contributed by atoms with Crippen molar-refractivity contribution in [3.63, 3.8) is 0 Å². The van der Waals surface area contributed by atoms with Crippen molar-refractivity contribution in [1.29, 1.82) is 0 Å². The molecule has 102 valence electrons. The summed E-state index contributed by atoms with van der Waals surface area (Å²) in [6, 6.07) is 3.42. The summed E-state index contributed by atoms with van der Waals surface area (Å²) in [6.07, 6.45) is 1.50. The Balaban J connectivity index is 3.05. The zero-order valence-corrected chi connectivity index (χ0v) is 12.5. The van der Waals surface area contributed by atoms with Crippen LogP contribution in [0.3, 0.4) is 0 Å². The zero-order chi connectivity index (χ0) is 14.1. The highest BCUT2D eigenvalue weighted by molar-refractivity contribution is 5.45. The van der Waals surface area contributed by atoms with Crippen LogP contribution in [0.1, 0.15) is 52.7 Å². The maximum atomic E-state index is 10.1. The molecule has 2 heteroatoms. The molecule has 1 rings (SSSR count). The molecule has 0 saturated carbocycles. The third-order valence-corrected chi connectivity index (χ3v) is 2.72. The monoisotopic (exact) mass is 250 g/mol. The van der Waals surface area contributed by atoms with Gasteiger partial charge in [0.1, 0.15) is 11.5 Å². The Bertz CT molecular complexity index is 378. The van der Waals surface area contributed by atoms with Gasteiger partial charge in [0.05, 0.1) is 0 Å². The van der Waals surface area contributed by atoms with Gasteiger partial charge < -0.3 is 10.2 Å². The smallest absolute Gasteiger partial charge is 0.119 e. The van der Waals surface area contributed by atoms with Gasteiger partial charge >= 0.3 is 0 Å². The van der Waals surface area contributed by atoms with Crippen LogP contribution in [0.2, 0.25) is 0 Å². The first-order chi connectivity index (χ1) is 7.98. The van der Waals surface area contributed by atoms with Crippen LogP contribution in [0.5, 0.6) is 11.5 Å². The summed E-state index contributed by atoms with van der Waals surface area (Å²) >= 11 is 0. The summed E-state index contributed by atoms with van der Waals surface area (Å²) in [5, 5.41) is 20.1. The van der Waals surface area contributed by atoms with E-state index in [1.54, 1.807) is 12.1 Å². The first kappa shape index (κ1) is 14.9. The van der Waals surface area contributed by atoms with Gasteiger partial charge in [0.2, 0.25) is 0 Å². The maximum absolute atomic E-state index is 10.1. The molecule has 0 saturated heterocycles. The molecule has 0 heterocycles. The maximum Gasteiger partial charge on any atom is 0.119 e. The fourth-order valence-electron chi connectivity index (χ4n) is 2.09. The van der Waals surface area contributed by atoms with Gasteiger partial charge in [-0.3, -0.25) is 0 Å². The number of benzene rings is 1. The molecular weight excluding hydrogens is 224 g/mol. The predicted molar refractivity (Wildman–Crippen MR) is 76.1 cm³/mol. The lowest BCUT2D eigenvalue weighted by Crippen LogP contribution is -2.11. The van der Waals surface area contributed by atoms with E-state index < -0.39 is 0 Å². The Morgan fingerprint density at radius 2 is 1.00 bits per heavy atom. The highest BCUT2D eigenvalue weighted by atomic mass is 16.3. The van der Waals surface area contributed by atoms with Crippen molar-refractivity contribution in [2.24, 2.45) is 10.8 Å². The van der Waals surface area contributed by atoms with Crippen LogP contribution >= 0.6 is 0 Å². The first-order valence-electron chi connectivity index (χ1n) is 6.52. The highest BCUT2D eigenvalue weighted by Gasteiger charge is 2.19. The van der Waals surface area contributed by atoms with E-state index in [0.29, 0.717) is 11.5 Å². The summed E-state index contributed by atoms with van der Waals surface area (Å²) in [7, 11) is 0. The van der Waals surface area contributed by atoms with E-state index in [1.165, 1.54) is 0 Å². The van der Waals surface area contributed by atoms with Crippen molar-refractivity contribution >= 4 is 0 Å². The SMILES string of the molecule is CC(C)(C)Cc1cc(O)c(CC(C)(C)C)cc1O. The van der Waals surface area contributed by atoms with Gasteiger partial charge in [-0.2, -0.15) is 0 Å². The summed E-state index contributed by atoms with van der Waals surface area (Å²) in [5.74, 6) is 0.587. The molecular formula is C16H26O2. The largest absolute Gasteiger partial charge is 0.508 e. The van der Waals surface area contributed by atoms with Crippen LogP contribution in [0, 0.1) is 10.8 Å². The zero-order valence-electron chi connectivity index (χ0n) is 12.5. The van der Waals surface area contributed by atoms with Crippen molar-refractivity contribution in [1.82, 2.24) is 0 Å². The van der Waals surface area contributed by atoms with Crippen molar-refractivity contribution in [2.75, 3.05) is 0 Å².